The van der Waals surface area contributed by atoms with Gasteiger partial charge in [-0.05, 0) is 64.8 Å². The third-order valence-corrected chi connectivity index (χ3v) is 12.3. The summed E-state index contributed by atoms with van der Waals surface area (Å²) < 4.78 is 34.2. The molecule has 2 aliphatic rings. The molecule has 2 N–H and O–H groups in total. The number of hydrogen-bond acceptors (Lipinski definition) is 8. The lowest BCUT2D eigenvalue weighted by molar-refractivity contribution is -0.384. The number of methoxy groups -OCH3 is 2. The summed E-state index contributed by atoms with van der Waals surface area (Å²) in [6.07, 6.45) is 0. The predicted molar refractivity (Wildman–Crippen MR) is 179 cm³/mol. The molecule has 2 atom stereocenters. The van der Waals surface area contributed by atoms with Crippen molar-refractivity contribution in [3.63, 3.8) is 0 Å². The lowest BCUT2D eigenvalue weighted by Gasteiger charge is -2.37. The Morgan fingerprint density at radius 1 is 1.07 bits per heavy atom. The van der Waals surface area contributed by atoms with Crippen molar-refractivity contribution in [3.8, 4) is 11.5 Å². The summed E-state index contributed by atoms with van der Waals surface area (Å²) in [6.45, 7) is 7.91. The third kappa shape index (κ3) is 6.02. The Balaban J connectivity index is 1.68. The van der Waals surface area contributed by atoms with Gasteiger partial charge in [0.25, 0.3) is 19.0 Å². The smallest absolute Gasteiger partial charge is 0.270 e. The molecular formula is C31H37BrN5O7P. The number of nitro groups is 1. The highest BCUT2D eigenvalue weighted by atomic mass is 79.9. The minimum atomic E-state index is -3.75. The first-order chi connectivity index (χ1) is 21.3. The van der Waals surface area contributed by atoms with Gasteiger partial charge < -0.3 is 29.5 Å². The van der Waals surface area contributed by atoms with E-state index in [0.717, 1.165) is 11.3 Å². The highest BCUT2D eigenvalue weighted by Gasteiger charge is 2.44. The van der Waals surface area contributed by atoms with Crippen molar-refractivity contribution in [3.05, 3.63) is 74.2 Å². The molecule has 0 saturated carbocycles. The number of rotatable bonds is 9. The van der Waals surface area contributed by atoms with E-state index in [1.54, 1.807) is 18.2 Å². The van der Waals surface area contributed by atoms with Crippen molar-refractivity contribution in [2.75, 3.05) is 62.9 Å². The van der Waals surface area contributed by atoms with E-state index in [1.807, 2.05) is 23.9 Å². The average Bonchev–Trinajstić information content (AvgIpc) is 3.20. The lowest BCUT2D eigenvalue weighted by atomic mass is 9.81. The molecule has 12 nitrogen and oxygen atoms in total. The van der Waals surface area contributed by atoms with Crippen LogP contribution in [0.25, 0.3) is 0 Å². The first-order valence-electron chi connectivity index (χ1n) is 14.4. The van der Waals surface area contributed by atoms with Gasteiger partial charge in [-0.15, -0.1) is 0 Å². The van der Waals surface area contributed by atoms with Crippen molar-refractivity contribution in [1.82, 2.24) is 4.67 Å². The summed E-state index contributed by atoms with van der Waals surface area (Å²) in [4.78, 5) is 26.9. The molecule has 1 amide bonds. The van der Waals surface area contributed by atoms with Crippen molar-refractivity contribution >= 4 is 57.3 Å². The second-order valence-corrected chi connectivity index (χ2v) is 14.9. The maximum absolute atomic E-state index is 15.6. The summed E-state index contributed by atoms with van der Waals surface area (Å²) in [5, 5.41) is 18.1. The fraction of sp³-hybridized carbons (Fsp3) is 0.387. The molecule has 3 aromatic rings. The molecule has 0 unspecified atom stereocenters. The predicted octanol–water partition coefficient (Wildman–Crippen LogP) is 6.01. The Bertz CT molecular complexity index is 1690. The van der Waals surface area contributed by atoms with E-state index in [1.165, 1.54) is 32.4 Å². The molecule has 0 radical (unpaired) electrons. The van der Waals surface area contributed by atoms with E-state index in [9.17, 15) is 14.9 Å². The van der Waals surface area contributed by atoms with Crippen LogP contribution >= 0.6 is 23.4 Å². The molecule has 1 fully saturated rings. The molecular weight excluding hydrogens is 665 g/mol. The first-order valence-corrected chi connectivity index (χ1v) is 16.9. The summed E-state index contributed by atoms with van der Waals surface area (Å²) in [5.74, 6) is 0.466. The number of carbonyl (C=O) groups is 1. The number of nitro benzene ring substituents is 1. The Hall–Kier alpha value is -3.64. The molecule has 0 aliphatic carbocycles. The van der Waals surface area contributed by atoms with Gasteiger partial charge in [-0.1, -0.05) is 13.8 Å². The molecule has 3 aromatic carbocycles. The standard InChI is InChI=1S/C31H37BrN5O7P/c1-19-31(2,3)22-17-29(25(18-26(22)35(19)4)33-30(38)20-7-10-27(42-5)28(15-20)43-6)45(41,36-11-13-44-14-12-36)34-24-9-8-21(37(39)40)16-23(24)32/h7-10,15-19H,11-14H2,1-6H3,(H,33,38)(H,34,41)/t19-,45+/m1/s1. The van der Waals surface area contributed by atoms with Crippen LogP contribution in [0.1, 0.15) is 36.7 Å². The van der Waals surface area contributed by atoms with Crippen LogP contribution in [0.4, 0.5) is 22.7 Å². The van der Waals surface area contributed by atoms with E-state index in [-0.39, 0.29) is 17.1 Å². The molecule has 0 spiro atoms. The van der Waals surface area contributed by atoms with Crippen LogP contribution in [0.15, 0.2) is 53.0 Å². The number of non-ortho nitro benzene ring substituents is 1. The van der Waals surface area contributed by atoms with E-state index in [0.29, 0.717) is 64.5 Å². The van der Waals surface area contributed by atoms with Gasteiger partial charge in [-0.25, -0.2) is 4.67 Å². The number of nitrogens with one attached hydrogen (secondary N) is 2. The molecule has 2 aliphatic heterocycles. The van der Waals surface area contributed by atoms with Gasteiger partial charge in [0.15, 0.2) is 11.5 Å². The molecule has 2 heterocycles. The SMILES string of the molecule is COc1ccc(C(=O)Nc2cc3c(cc2[P@](=O)(Nc2ccc([N+](=O)[O-])cc2Br)N2CCOCC2)C(C)(C)[C@@H](C)N3C)cc1OC. The maximum atomic E-state index is 15.6. The van der Waals surface area contributed by atoms with E-state index in [2.05, 4.69) is 52.0 Å². The minimum absolute atomic E-state index is 0.104. The molecule has 14 heteroatoms. The summed E-state index contributed by atoms with van der Waals surface area (Å²) in [6, 6.07) is 13.1. The highest BCUT2D eigenvalue weighted by Crippen LogP contribution is 2.54. The number of benzene rings is 3. The van der Waals surface area contributed by atoms with E-state index in [4.69, 9.17) is 14.2 Å². The molecule has 0 aromatic heterocycles. The van der Waals surface area contributed by atoms with Crippen LogP contribution in [-0.2, 0) is 14.7 Å². The Kier molecular flexibility index (Phi) is 9.19. The average molecular weight is 703 g/mol. The fourth-order valence-corrected chi connectivity index (χ4v) is 9.00. The van der Waals surface area contributed by atoms with Crippen LogP contribution in [-0.4, -0.2) is 69.1 Å². The second kappa shape index (κ2) is 12.6. The number of likely N-dealkylation sites (N-methyl/N-ethyl adjacent to an activating group) is 1. The van der Waals surface area contributed by atoms with Crippen LogP contribution in [0.3, 0.4) is 0 Å². The van der Waals surface area contributed by atoms with Gasteiger partial charge in [0.05, 0.1) is 49.0 Å². The van der Waals surface area contributed by atoms with Crippen LogP contribution in [0.2, 0.25) is 0 Å². The number of amides is 1. The zero-order chi connectivity index (χ0) is 32.7. The zero-order valence-electron chi connectivity index (χ0n) is 26.0. The van der Waals surface area contributed by atoms with Crippen molar-refractivity contribution in [1.29, 1.82) is 0 Å². The Labute approximate surface area is 270 Å². The topological polar surface area (TPSA) is 136 Å². The number of nitrogens with zero attached hydrogens (tertiary/aromatic N) is 3. The molecule has 240 valence electrons. The Morgan fingerprint density at radius 3 is 2.38 bits per heavy atom. The van der Waals surface area contributed by atoms with E-state index >= 15 is 4.57 Å². The Morgan fingerprint density at radius 2 is 1.76 bits per heavy atom. The van der Waals surface area contributed by atoms with Gasteiger partial charge in [0.1, 0.15) is 0 Å². The number of anilines is 3. The highest BCUT2D eigenvalue weighted by molar-refractivity contribution is 9.10. The summed E-state index contributed by atoms with van der Waals surface area (Å²) >= 11 is 3.43. The maximum Gasteiger partial charge on any atom is 0.270 e. The number of halogens is 1. The van der Waals surface area contributed by atoms with Crippen LogP contribution < -0.4 is 30.1 Å². The van der Waals surface area contributed by atoms with Crippen molar-refractivity contribution in [2.45, 2.75) is 32.2 Å². The minimum Gasteiger partial charge on any atom is -0.493 e. The van der Waals surface area contributed by atoms with Gasteiger partial charge in [-0.3, -0.25) is 19.5 Å². The quantitative estimate of drug-likeness (QED) is 0.155. The van der Waals surface area contributed by atoms with Crippen molar-refractivity contribution in [2.24, 2.45) is 0 Å². The number of hydrogen-bond donors (Lipinski definition) is 2. The van der Waals surface area contributed by atoms with Crippen LogP contribution in [0.5, 0.6) is 11.5 Å². The first kappa shape index (κ1) is 32.7. The lowest BCUT2D eigenvalue weighted by Crippen LogP contribution is -2.40. The van der Waals surface area contributed by atoms with Gasteiger partial charge >= 0.3 is 0 Å². The largest absolute Gasteiger partial charge is 0.493 e. The third-order valence-electron chi connectivity index (χ3n) is 8.86. The number of fused-ring (bicyclic) bond motifs is 1. The number of carbonyl (C=O) groups excluding carboxylic acids is 1. The zero-order valence-corrected chi connectivity index (χ0v) is 28.5. The number of ether oxygens (including phenoxy) is 3. The molecule has 45 heavy (non-hydrogen) atoms. The fourth-order valence-electron chi connectivity index (χ4n) is 5.82. The molecule has 5 rings (SSSR count). The molecule has 0 bridgehead atoms. The normalized spacial score (nSPS) is 18.9. The number of morpholine rings is 1. The molecule has 1 saturated heterocycles. The monoisotopic (exact) mass is 701 g/mol. The second-order valence-electron chi connectivity index (χ2n) is 11.6. The van der Waals surface area contributed by atoms with Gasteiger partial charge in [0, 0.05) is 59.5 Å². The summed E-state index contributed by atoms with van der Waals surface area (Å²) in [5.41, 5.74) is 2.64. The van der Waals surface area contributed by atoms with Crippen molar-refractivity contribution < 1.29 is 28.5 Å². The summed E-state index contributed by atoms with van der Waals surface area (Å²) in [7, 11) is 1.27. The van der Waals surface area contributed by atoms with Crippen LogP contribution in [0, 0.1) is 10.1 Å². The van der Waals surface area contributed by atoms with E-state index < -0.39 is 18.3 Å². The van der Waals surface area contributed by atoms with Gasteiger partial charge in [-0.2, -0.15) is 0 Å². The van der Waals surface area contributed by atoms with Gasteiger partial charge in [0.2, 0.25) is 0 Å².